The van der Waals surface area contributed by atoms with Gasteiger partial charge in [0.2, 0.25) is 0 Å². The summed E-state index contributed by atoms with van der Waals surface area (Å²) >= 11 is 0. The minimum atomic E-state index is -0.556. The van der Waals surface area contributed by atoms with Gasteiger partial charge in [-0.05, 0) is 75.2 Å². The van der Waals surface area contributed by atoms with Gasteiger partial charge >= 0.3 is 0 Å². The zero-order valence-electron chi connectivity index (χ0n) is 37.3. The highest BCUT2D eigenvalue weighted by Crippen LogP contribution is 2.39. The molecule has 15 heteroatoms. The van der Waals surface area contributed by atoms with Crippen LogP contribution in [0, 0.1) is 0 Å². The van der Waals surface area contributed by atoms with Crippen molar-refractivity contribution in [2.45, 2.75) is 46.1 Å². The van der Waals surface area contributed by atoms with E-state index in [1.54, 1.807) is 26.7 Å². The number of fused-ring (bicyclic) bond motifs is 2. The molecule has 6 N–H and O–H groups in total. The maximum absolute atomic E-state index is 12.2. The van der Waals surface area contributed by atoms with Crippen molar-refractivity contribution in [3.63, 3.8) is 0 Å². The van der Waals surface area contributed by atoms with Gasteiger partial charge in [-0.3, -0.25) is 19.6 Å². The van der Waals surface area contributed by atoms with E-state index in [-0.39, 0.29) is 0 Å². The summed E-state index contributed by atoms with van der Waals surface area (Å²) in [6.45, 7) is 6.92. The van der Waals surface area contributed by atoms with E-state index in [0.717, 1.165) is 72.0 Å². The summed E-state index contributed by atoms with van der Waals surface area (Å²) in [4.78, 5) is 39.4. The molecule has 0 saturated heterocycles. The minimum Gasteiger partial charge on any atom is -0.493 e. The second-order valence-corrected chi connectivity index (χ2v) is 15.1. The number of nitrogens with one attached hydrogen (secondary N) is 2. The summed E-state index contributed by atoms with van der Waals surface area (Å²) in [6, 6.07) is 23.3. The fraction of sp³-hybridized carbons (Fsp3) is 0.286. The van der Waals surface area contributed by atoms with Gasteiger partial charge in [0.15, 0.2) is 23.0 Å². The number of benzene rings is 4. The number of pyridine rings is 2. The number of primary amides is 2. The molecule has 64 heavy (non-hydrogen) atoms. The molecule has 3 aromatic heterocycles. The standard InChI is InChI=1S/C25H27N5O3.C24H30N4O3/c1-3-17-7-4-5-8-20(17)29-24-18-13-23(33-12-6-10-30-11-9-27-16-30)22(32-2)14-21(18)28-15-19(24)25(26)31;1-5-16-9-6-7-10-19(16)27-23-17-13-22(31-12-8-11-28(2)3)21(30-4)14-20(17)26-15-18(23)24(25)29/h4-5,7-9,11,13-16H,3,6,10,12H2,1-2H3,(H2,26,31)(H,28,29);6-7,9-10,13-15H,5,8,11-12H2,1-4H3,(H2,25,29)(H,26,27). The lowest BCUT2D eigenvalue weighted by Crippen LogP contribution is -2.16. The predicted octanol–water partition coefficient (Wildman–Crippen LogP) is 8.29. The van der Waals surface area contributed by atoms with Crippen LogP contribution >= 0.6 is 0 Å². The first kappa shape index (κ1) is 46.1. The molecule has 4 aromatic carbocycles. The van der Waals surface area contributed by atoms with Crippen molar-refractivity contribution >= 4 is 56.4 Å². The first-order valence-corrected chi connectivity index (χ1v) is 21.2. The second kappa shape index (κ2) is 22.1. The fourth-order valence-corrected chi connectivity index (χ4v) is 7.17. The lowest BCUT2D eigenvalue weighted by atomic mass is 10.1. The van der Waals surface area contributed by atoms with Gasteiger partial charge in [-0.25, -0.2) is 4.98 Å². The maximum Gasteiger partial charge on any atom is 0.252 e. The van der Waals surface area contributed by atoms with E-state index in [1.165, 1.54) is 12.4 Å². The Hall–Kier alpha value is -7.39. The van der Waals surface area contributed by atoms with Crippen LogP contribution in [-0.4, -0.2) is 84.3 Å². The molecule has 7 rings (SSSR count). The van der Waals surface area contributed by atoms with Crippen molar-refractivity contribution in [2.24, 2.45) is 11.5 Å². The van der Waals surface area contributed by atoms with Crippen molar-refractivity contribution in [1.29, 1.82) is 0 Å². The third-order valence-corrected chi connectivity index (χ3v) is 10.5. The molecular weight excluding hydrogens is 811 g/mol. The van der Waals surface area contributed by atoms with Crippen LogP contribution in [0.3, 0.4) is 0 Å². The monoisotopic (exact) mass is 867 g/mol. The number of anilines is 4. The molecule has 0 atom stereocenters. The third kappa shape index (κ3) is 11.3. The summed E-state index contributed by atoms with van der Waals surface area (Å²) < 4.78 is 25.1. The Kier molecular flexibility index (Phi) is 15.9. The number of aromatic nitrogens is 4. The maximum atomic E-state index is 12.2. The Morgan fingerprint density at radius 2 is 1.17 bits per heavy atom. The summed E-state index contributed by atoms with van der Waals surface area (Å²) in [5.74, 6) is 1.24. The molecule has 0 aliphatic carbocycles. The fourth-order valence-electron chi connectivity index (χ4n) is 7.17. The van der Waals surface area contributed by atoms with Crippen molar-refractivity contribution in [1.82, 2.24) is 24.4 Å². The van der Waals surface area contributed by atoms with Gasteiger partial charge in [-0.15, -0.1) is 0 Å². The summed E-state index contributed by atoms with van der Waals surface area (Å²) in [7, 11) is 7.25. The van der Waals surface area contributed by atoms with E-state index in [1.807, 2.05) is 91.6 Å². The van der Waals surface area contributed by atoms with Crippen LogP contribution in [0.2, 0.25) is 0 Å². The topological polar surface area (TPSA) is 194 Å². The Morgan fingerprint density at radius 1 is 0.688 bits per heavy atom. The van der Waals surface area contributed by atoms with Crippen LogP contribution in [0.25, 0.3) is 21.8 Å². The number of rotatable bonds is 20. The minimum absolute atomic E-state index is 0.310. The van der Waals surface area contributed by atoms with Gasteiger partial charge < -0.3 is 50.5 Å². The van der Waals surface area contributed by atoms with E-state index in [4.69, 9.17) is 30.4 Å². The molecule has 334 valence electrons. The van der Waals surface area contributed by atoms with Crippen molar-refractivity contribution in [3.05, 3.63) is 126 Å². The van der Waals surface area contributed by atoms with Gasteiger partial charge in [0.1, 0.15) is 0 Å². The quantitative estimate of drug-likeness (QED) is 0.0537. The zero-order chi connectivity index (χ0) is 45.6. The van der Waals surface area contributed by atoms with Gasteiger partial charge in [0.25, 0.3) is 11.8 Å². The Morgan fingerprint density at radius 3 is 1.59 bits per heavy atom. The molecule has 0 bridgehead atoms. The first-order chi connectivity index (χ1) is 31.0. The molecule has 15 nitrogen and oxygen atoms in total. The van der Waals surface area contributed by atoms with Crippen LogP contribution < -0.4 is 41.0 Å². The first-order valence-electron chi connectivity index (χ1n) is 21.2. The second-order valence-electron chi connectivity index (χ2n) is 15.1. The molecule has 3 heterocycles. The zero-order valence-corrected chi connectivity index (χ0v) is 37.3. The molecule has 0 aliphatic rings. The average Bonchev–Trinajstić information content (AvgIpc) is 3.83. The van der Waals surface area contributed by atoms with Gasteiger partial charge in [-0.1, -0.05) is 50.2 Å². The highest BCUT2D eigenvalue weighted by molar-refractivity contribution is 6.09. The Bertz CT molecular complexity index is 2690. The average molecular weight is 868 g/mol. The van der Waals surface area contributed by atoms with E-state index < -0.39 is 11.8 Å². The number of carbonyl (C=O) groups is 2. The number of carbonyl (C=O) groups excluding carboxylic acids is 2. The number of amides is 2. The van der Waals surface area contributed by atoms with Gasteiger partial charge in [-0.2, -0.15) is 0 Å². The van der Waals surface area contributed by atoms with E-state index >= 15 is 0 Å². The van der Waals surface area contributed by atoms with Crippen LogP contribution in [-0.2, 0) is 19.4 Å². The number of methoxy groups -OCH3 is 2. The van der Waals surface area contributed by atoms with Crippen LogP contribution in [0.5, 0.6) is 23.0 Å². The number of ether oxygens (including phenoxy) is 4. The lowest BCUT2D eigenvalue weighted by molar-refractivity contribution is 0.0992. The van der Waals surface area contributed by atoms with Crippen molar-refractivity contribution in [3.8, 4) is 23.0 Å². The van der Waals surface area contributed by atoms with Gasteiger partial charge in [0.05, 0.1) is 67.3 Å². The van der Waals surface area contributed by atoms with Gasteiger partial charge in [0, 0.05) is 72.2 Å². The summed E-state index contributed by atoms with van der Waals surface area (Å²) in [5, 5.41) is 8.30. The van der Waals surface area contributed by atoms with Crippen LogP contribution in [0.4, 0.5) is 22.7 Å². The van der Waals surface area contributed by atoms with E-state index in [2.05, 4.69) is 50.4 Å². The molecule has 0 saturated carbocycles. The molecule has 0 radical (unpaired) electrons. The number of imidazole rings is 1. The highest BCUT2D eigenvalue weighted by atomic mass is 16.5. The SMILES string of the molecule is CCc1ccccc1Nc1c(C(N)=O)cnc2cc(OC)c(OCCCN(C)C)cc12.CCc1ccccc1Nc1c(C(N)=O)cnc2cc(OC)c(OCCCn3ccnc3)cc12. The Balaban J connectivity index is 0.000000213. The number of aryl methyl sites for hydroxylation is 3. The lowest BCUT2D eigenvalue weighted by Gasteiger charge is -2.18. The number of nitrogens with zero attached hydrogens (tertiary/aromatic N) is 5. The predicted molar refractivity (Wildman–Crippen MR) is 253 cm³/mol. The third-order valence-electron chi connectivity index (χ3n) is 10.5. The molecule has 0 spiro atoms. The number of para-hydroxylation sites is 2. The molecular formula is C49H57N9O6. The summed E-state index contributed by atoms with van der Waals surface area (Å²) in [6.07, 6.45) is 11.8. The molecule has 2 amide bonds. The smallest absolute Gasteiger partial charge is 0.252 e. The van der Waals surface area contributed by atoms with Crippen molar-refractivity contribution < 1.29 is 28.5 Å². The Labute approximate surface area is 373 Å². The summed E-state index contributed by atoms with van der Waals surface area (Å²) in [5.41, 5.74) is 18.6. The normalized spacial score (nSPS) is 10.9. The van der Waals surface area contributed by atoms with E-state index in [9.17, 15) is 9.59 Å². The highest BCUT2D eigenvalue weighted by Gasteiger charge is 2.20. The number of hydrogen-bond acceptors (Lipinski definition) is 12. The molecule has 0 aliphatic heterocycles. The largest absolute Gasteiger partial charge is 0.493 e. The molecule has 0 fully saturated rings. The van der Waals surface area contributed by atoms with E-state index in [0.29, 0.717) is 69.7 Å². The molecule has 7 aromatic rings. The van der Waals surface area contributed by atoms with Crippen LogP contribution in [0.1, 0.15) is 58.5 Å². The number of nitrogens with two attached hydrogens (primary N) is 2. The van der Waals surface area contributed by atoms with Crippen molar-refractivity contribution in [2.75, 3.05) is 58.7 Å². The molecule has 0 unspecified atom stereocenters. The number of hydrogen-bond donors (Lipinski definition) is 4. The van der Waals surface area contributed by atoms with Crippen LogP contribution in [0.15, 0.2) is 104 Å².